The van der Waals surface area contributed by atoms with Gasteiger partial charge in [-0.15, -0.1) is 0 Å². The molecule has 0 saturated heterocycles. The summed E-state index contributed by atoms with van der Waals surface area (Å²) in [5, 5.41) is 0. The van der Waals surface area contributed by atoms with Crippen LogP contribution in [0.15, 0.2) is 66.7 Å². The summed E-state index contributed by atoms with van der Waals surface area (Å²) >= 11 is 0. The van der Waals surface area contributed by atoms with Crippen LogP contribution in [0.2, 0.25) is 0 Å². The van der Waals surface area contributed by atoms with Crippen LogP contribution in [-0.2, 0) is 17.3 Å². The first-order chi connectivity index (χ1) is 13.7. The van der Waals surface area contributed by atoms with Gasteiger partial charge in [-0.3, -0.25) is 0 Å². The molecule has 2 heteroatoms. The fourth-order valence-corrected chi connectivity index (χ4v) is 4.16. The lowest BCUT2D eigenvalue weighted by atomic mass is 9.74. The summed E-state index contributed by atoms with van der Waals surface area (Å²) in [6, 6.07) is 23.9. The Hall–Kier alpha value is -2.74. The third-order valence-corrected chi connectivity index (χ3v) is 5.79. The largest absolute Gasteiger partial charge is 0.454 e. The second kappa shape index (κ2) is 7.26. The number of hydrogen-bond acceptors (Lipinski definition) is 2. The molecule has 0 aliphatic carbocycles. The Balaban J connectivity index is 1.71. The summed E-state index contributed by atoms with van der Waals surface area (Å²) in [5.41, 5.74) is 6.54. The van der Waals surface area contributed by atoms with Crippen molar-refractivity contribution in [1.82, 2.24) is 0 Å². The normalized spacial score (nSPS) is 13.6. The van der Waals surface area contributed by atoms with Crippen molar-refractivity contribution in [2.75, 3.05) is 6.79 Å². The molecule has 3 aromatic rings. The summed E-state index contributed by atoms with van der Waals surface area (Å²) in [7, 11) is 0. The quantitative estimate of drug-likeness (QED) is 0.485. The fraction of sp³-hybridized carbons (Fsp3) is 0.333. The molecule has 0 radical (unpaired) electrons. The molecule has 0 bridgehead atoms. The lowest BCUT2D eigenvalue weighted by Gasteiger charge is -2.30. The molecule has 1 aliphatic heterocycles. The SMILES string of the molecule is CC(C)(C)c1cc2c(cc1CC(C)(C)c1cccc(-c3ccccc3)c1)OCO2. The van der Waals surface area contributed by atoms with Crippen molar-refractivity contribution in [2.45, 2.75) is 51.9 Å². The van der Waals surface area contributed by atoms with Gasteiger partial charge in [-0.2, -0.15) is 0 Å². The summed E-state index contributed by atoms with van der Waals surface area (Å²) in [6.07, 6.45) is 0.939. The van der Waals surface area contributed by atoms with Crippen LogP contribution in [0.1, 0.15) is 51.3 Å². The van der Waals surface area contributed by atoms with Crippen molar-refractivity contribution in [3.63, 3.8) is 0 Å². The van der Waals surface area contributed by atoms with Gasteiger partial charge in [0.1, 0.15) is 0 Å². The Bertz CT molecular complexity index is 1010. The monoisotopic (exact) mass is 386 g/mol. The molecule has 29 heavy (non-hydrogen) atoms. The van der Waals surface area contributed by atoms with Gasteiger partial charge in [0.25, 0.3) is 0 Å². The molecule has 0 amide bonds. The van der Waals surface area contributed by atoms with E-state index in [2.05, 4.69) is 101 Å². The number of rotatable bonds is 4. The molecule has 0 fully saturated rings. The molecule has 3 aromatic carbocycles. The van der Waals surface area contributed by atoms with Crippen molar-refractivity contribution in [3.05, 3.63) is 83.4 Å². The molecular weight excluding hydrogens is 356 g/mol. The van der Waals surface area contributed by atoms with E-state index in [4.69, 9.17) is 9.47 Å². The molecule has 0 spiro atoms. The highest BCUT2D eigenvalue weighted by molar-refractivity contribution is 5.64. The number of ether oxygens (including phenoxy) is 2. The van der Waals surface area contributed by atoms with Crippen LogP contribution in [-0.4, -0.2) is 6.79 Å². The van der Waals surface area contributed by atoms with Gasteiger partial charge in [0.15, 0.2) is 11.5 Å². The van der Waals surface area contributed by atoms with E-state index in [-0.39, 0.29) is 10.8 Å². The fourth-order valence-electron chi connectivity index (χ4n) is 4.16. The van der Waals surface area contributed by atoms with Gasteiger partial charge in [-0.05, 0) is 57.2 Å². The molecule has 0 N–H and O–H groups in total. The van der Waals surface area contributed by atoms with Crippen molar-refractivity contribution < 1.29 is 9.47 Å². The smallest absolute Gasteiger partial charge is 0.231 e. The van der Waals surface area contributed by atoms with Crippen LogP contribution >= 0.6 is 0 Å². The van der Waals surface area contributed by atoms with E-state index in [1.165, 1.54) is 27.8 Å². The van der Waals surface area contributed by atoms with Crippen LogP contribution in [0.3, 0.4) is 0 Å². The minimum Gasteiger partial charge on any atom is -0.454 e. The van der Waals surface area contributed by atoms with E-state index in [0.717, 1.165) is 17.9 Å². The summed E-state index contributed by atoms with van der Waals surface area (Å²) in [6.45, 7) is 11.7. The number of benzene rings is 3. The van der Waals surface area contributed by atoms with Crippen LogP contribution in [0.5, 0.6) is 11.5 Å². The third kappa shape index (κ3) is 4.03. The van der Waals surface area contributed by atoms with Gasteiger partial charge in [0.2, 0.25) is 6.79 Å². The van der Waals surface area contributed by atoms with Gasteiger partial charge in [-0.25, -0.2) is 0 Å². The maximum atomic E-state index is 5.68. The Morgan fingerprint density at radius 2 is 1.38 bits per heavy atom. The first kappa shape index (κ1) is 19.6. The highest BCUT2D eigenvalue weighted by Crippen LogP contribution is 2.41. The number of hydrogen-bond donors (Lipinski definition) is 0. The Morgan fingerprint density at radius 1 is 0.724 bits per heavy atom. The molecule has 4 rings (SSSR count). The van der Waals surface area contributed by atoms with E-state index < -0.39 is 0 Å². The van der Waals surface area contributed by atoms with Gasteiger partial charge in [0, 0.05) is 0 Å². The Labute approximate surface area is 174 Å². The lowest BCUT2D eigenvalue weighted by Crippen LogP contribution is -2.24. The zero-order chi connectivity index (χ0) is 20.6. The molecule has 0 saturated carbocycles. The summed E-state index contributed by atoms with van der Waals surface area (Å²) < 4.78 is 11.3. The van der Waals surface area contributed by atoms with E-state index in [0.29, 0.717) is 6.79 Å². The molecular formula is C27H30O2. The first-order valence-electron chi connectivity index (χ1n) is 10.3. The lowest BCUT2D eigenvalue weighted by molar-refractivity contribution is 0.174. The zero-order valence-electron chi connectivity index (χ0n) is 18.1. The summed E-state index contributed by atoms with van der Waals surface area (Å²) in [5.74, 6) is 1.73. The number of fused-ring (bicyclic) bond motifs is 1. The molecule has 2 nitrogen and oxygen atoms in total. The zero-order valence-corrected chi connectivity index (χ0v) is 18.1. The van der Waals surface area contributed by atoms with Crippen LogP contribution < -0.4 is 9.47 Å². The van der Waals surface area contributed by atoms with Gasteiger partial charge < -0.3 is 9.47 Å². The predicted octanol–water partition coefficient (Wildman–Crippen LogP) is 6.90. The van der Waals surface area contributed by atoms with Crippen molar-refractivity contribution in [1.29, 1.82) is 0 Å². The Kier molecular flexibility index (Phi) is 4.90. The van der Waals surface area contributed by atoms with E-state index >= 15 is 0 Å². The predicted molar refractivity (Wildman–Crippen MR) is 120 cm³/mol. The van der Waals surface area contributed by atoms with Gasteiger partial charge in [0.05, 0.1) is 0 Å². The molecule has 1 heterocycles. The third-order valence-electron chi connectivity index (χ3n) is 5.79. The molecule has 1 aliphatic rings. The van der Waals surface area contributed by atoms with E-state index in [9.17, 15) is 0 Å². The standard InChI is InChI=1S/C27H30O2/c1-26(2,3)23-16-25-24(28-18-29-25)15-21(23)17-27(4,5)22-13-9-12-20(14-22)19-10-7-6-8-11-19/h6-16H,17-18H2,1-5H3. The van der Waals surface area contributed by atoms with Gasteiger partial charge >= 0.3 is 0 Å². The minimum atomic E-state index is -0.0154. The molecule has 0 aromatic heterocycles. The van der Waals surface area contributed by atoms with Crippen LogP contribution in [0.25, 0.3) is 11.1 Å². The topological polar surface area (TPSA) is 18.5 Å². The van der Waals surface area contributed by atoms with E-state index in [1.54, 1.807) is 0 Å². The van der Waals surface area contributed by atoms with E-state index in [1.807, 2.05) is 0 Å². The van der Waals surface area contributed by atoms with Crippen LogP contribution in [0.4, 0.5) is 0 Å². The van der Waals surface area contributed by atoms with Crippen molar-refractivity contribution in [3.8, 4) is 22.6 Å². The summed E-state index contributed by atoms with van der Waals surface area (Å²) in [4.78, 5) is 0. The average Bonchev–Trinajstić information content (AvgIpc) is 3.14. The minimum absolute atomic E-state index is 0.0154. The van der Waals surface area contributed by atoms with Gasteiger partial charge in [-0.1, -0.05) is 89.2 Å². The Morgan fingerprint density at radius 3 is 2.07 bits per heavy atom. The molecule has 0 atom stereocenters. The molecule has 0 unspecified atom stereocenters. The average molecular weight is 387 g/mol. The first-order valence-corrected chi connectivity index (χ1v) is 10.3. The maximum absolute atomic E-state index is 5.68. The van der Waals surface area contributed by atoms with Crippen molar-refractivity contribution in [2.24, 2.45) is 0 Å². The second-order valence-corrected chi connectivity index (χ2v) is 9.62. The highest BCUT2D eigenvalue weighted by atomic mass is 16.7. The molecule has 150 valence electrons. The van der Waals surface area contributed by atoms with Crippen LogP contribution in [0, 0.1) is 0 Å². The second-order valence-electron chi connectivity index (χ2n) is 9.62. The maximum Gasteiger partial charge on any atom is 0.231 e. The van der Waals surface area contributed by atoms with Crippen molar-refractivity contribution >= 4 is 0 Å². The highest BCUT2D eigenvalue weighted by Gasteiger charge is 2.29.